The molecule has 0 bridgehead atoms. The highest BCUT2D eigenvalue weighted by Crippen LogP contribution is 2.34. The minimum absolute atomic E-state index is 0.0842. The lowest BCUT2D eigenvalue weighted by atomic mass is 10.1. The summed E-state index contributed by atoms with van der Waals surface area (Å²) in [7, 11) is 0. The van der Waals surface area contributed by atoms with Crippen molar-refractivity contribution in [1.82, 2.24) is 4.98 Å². The summed E-state index contributed by atoms with van der Waals surface area (Å²) >= 11 is 0. The molecule has 0 amide bonds. The van der Waals surface area contributed by atoms with Gasteiger partial charge in [-0.15, -0.1) is 0 Å². The number of hydrogen-bond acceptors (Lipinski definition) is 5. The third kappa shape index (κ3) is 2.00. The number of aliphatic hydroxyl groups excluding tert-OH is 1. The number of β-amino-alcohol motifs (C(OH)–C–C–N with tert-alkyl or cyclic N) is 1. The molecule has 1 aliphatic rings. The topological polar surface area (TPSA) is 79.5 Å². The zero-order valence-electron chi connectivity index (χ0n) is 10.2. The number of hydrogen-bond donors (Lipinski definition) is 1. The maximum absolute atomic E-state index is 11.0. The summed E-state index contributed by atoms with van der Waals surface area (Å²) in [6.45, 7) is 1.31. The van der Waals surface area contributed by atoms with Crippen molar-refractivity contribution >= 4 is 22.1 Å². The normalized spacial score (nSPS) is 19.0. The van der Waals surface area contributed by atoms with Gasteiger partial charge in [0, 0.05) is 42.6 Å². The molecule has 0 aliphatic carbocycles. The summed E-state index contributed by atoms with van der Waals surface area (Å²) < 4.78 is 0. The summed E-state index contributed by atoms with van der Waals surface area (Å²) in [5, 5.41) is 22.0. The molecule has 1 fully saturated rings. The highest BCUT2D eigenvalue weighted by molar-refractivity contribution is 5.99. The Bertz CT molecular complexity index is 644. The lowest BCUT2D eigenvalue weighted by molar-refractivity contribution is -0.383. The Kier molecular flexibility index (Phi) is 2.79. The third-order valence-electron chi connectivity index (χ3n) is 3.47. The van der Waals surface area contributed by atoms with Gasteiger partial charge in [-0.25, -0.2) is 0 Å². The van der Waals surface area contributed by atoms with Crippen LogP contribution in [-0.4, -0.2) is 34.2 Å². The molecule has 0 spiro atoms. The Morgan fingerprint density at radius 1 is 1.37 bits per heavy atom. The van der Waals surface area contributed by atoms with Crippen molar-refractivity contribution in [2.75, 3.05) is 18.0 Å². The van der Waals surface area contributed by atoms with Crippen molar-refractivity contribution in [2.24, 2.45) is 0 Å². The van der Waals surface area contributed by atoms with E-state index in [1.807, 2.05) is 4.90 Å². The molecule has 1 N–H and O–H groups in total. The number of rotatable bonds is 2. The monoisotopic (exact) mass is 259 g/mol. The number of aliphatic hydroxyl groups is 1. The first-order valence-corrected chi connectivity index (χ1v) is 6.11. The molecule has 2 aromatic rings. The predicted molar refractivity (Wildman–Crippen MR) is 71.2 cm³/mol. The number of nitro groups is 1. The number of non-ortho nitro benzene ring substituents is 1. The van der Waals surface area contributed by atoms with Gasteiger partial charge in [-0.3, -0.25) is 15.1 Å². The fraction of sp³-hybridized carbons (Fsp3) is 0.308. The predicted octanol–water partition coefficient (Wildman–Crippen LogP) is 1.71. The molecule has 19 heavy (non-hydrogen) atoms. The number of anilines is 1. The molecular weight excluding hydrogens is 246 g/mol. The number of pyridine rings is 1. The molecule has 2 heterocycles. The summed E-state index contributed by atoms with van der Waals surface area (Å²) in [6.07, 6.45) is 3.58. The molecule has 98 valence electrons. The van der Waals surface area contributed by atoms with E-state index in [1.54, 1.807) is 24.5 Å². The Balaban J connectivity index is 2.17. The van der Waals surface area contributed by atoms with Gasteiger partial charge in [0.2, 0.25) is 0 Å². The van der Waals surface area contributed by atoms with E-state index in [1.165, 1.54) is 6.07 Å². The van der Waals surface area contributed by atoms with Gasteiger partial charge in [0.25, 0.3) is 5.69 Å². The number of nitrogens with zero attached hydrogens (tertiary/aromatic N) is 3. The second-order valence-electron chi connectivity index (χ2n) is 4.67. The van der Waals surface area contributed by atoms with Crippen molar-refractivity contribution < 1.29 is 10.0 Å². The first-order valence-electron chi connectivity index (χ1n) is 6.11. The van der Waals surface area contributed by atoms with Crippen molar-refractivity contribution in [3.8, 4) is 0 Å². The van der Waals surface area contributed by atoms with Gasteiger partial charge in [0.15, 0.2) is 0 Å². The number of benzene rings is 1. The van der Waals surface area contributed by atoms with Gasteiger partial charge in [-0.05, 0) is 18.6 Å². The molecule has 0 saturated carbocycles. The molecular formula is C13H13N3O3. The van der Waals surface area contributed by atoms with Crippen molar-refractivity contribution in [2.45, 2.75) is 12.5 Å². The smallest absolute Gasteiger partial charge is 0.277 e. The fourth-order valence-corrected chi connectivity index (χ4v) is 2.55. The lowest BCUT2D eigenvalue weighted by Gasteiger charge is -2.19. The first kappa shape index (κ1) is 11.9. The largest absolute Gasteiger partial charge is 0.391 e. The van der Waals surface area contributed by atoms with Crippen LogP contribution in [0.25, 0.3) is 10.8 Å². The molecule has 6 heteroatoms. The lowest BCUT2D eigenvalue weighted by Crippen LogP contribution is -2.21. The molecule has 1 saturated heterocycles. The highest BCUT2D eigenvalue weighted by atomic mass is 16.6. The van der Waals surface area contributed by atoms with E-state index in [0.717, 1.165) is 24.0 Å². The third-order valence-corrected chi connectivity index (χ3v) is 3.47. The molecule has 6 nitrogen and oxygen atoms in total. The molecule has 1 aromatic carbocycles. The SMILES string of the molecule is O=[N+]([O-])c1ccc(N2CC[C@H](O)C2)c2cnccc12. The molecule has 3 rings (SSSR count). The second kappa shape index (κ2) is 4.47. The van der Waals surface area contributed by atoms with Gasteiger partial charge in [0.1, 0.15) is 0 Å². The summed E-state index contributed by atoms with van der Waals surface area (Å²) in [6, 6.07) is 4.91. The Labute approximate surface area is 109 Å². The average molecular weight is 259 g/mol. The van der Waals surface area contributed by atoms with Gasteiger partial charge < -0.3 is 10.0 Å². The van der Waals surface area contributed by atoms with Crippen LogP contribution >= 0.6 is 0 Å². The Morgan fingerprint density at radius 3 is 2.89 bits per heavy atom. The Hall–Kier alpha value is -2.21. The minimum atomic E-state index is -0.384. The molecule has 1 atom stereocenters. The van der Waals surface area contributed by atoms with Crippen LogP contribution in [0.4, 0.5) is 11.4 Å². The van der Waals surface area contributed by atoms with E-state index in [2.05, 4.69) is 4.98 Å². The van der Waals surface area contributed by atoms with Crippen LogP contribution < -0.4 is 4.90 Å². The van der Waals surface area contributed by atoms with Crippen LogP contribution in [0.5, 0.6) is 0 Å². The molecule has 1 aromatic heterocycles. The molecule has 1 aliphatic heterocycles. The fourth-order valence-electron chi connectivity index (χ4n) is 2.55. The van der Waals surface area contributed by atoms with E-state index in [9.17, 15) is 15.2 Å². The van der Waals surface area contributed by atoms with Crippen molar-refractivity contribution in [1.29, 1.82) is 0 Å². The van der Waals surface area contributed by atoms with Crippen LogP contribution in [-0.2, 0) is 0 Å². The van der Waals surface area contributed by atoms with Crippen LogP contribution in [0.1, 0.15) is 6.42 Å². The molecule has 0 unspecified atom stereocenters. The quantitative estimate of drug-likeness (QED) is 0.656. The van der Waals surface area contributed by atoms with Crippen molar-refractivity contribution in [3.63, 3.8) is 0 Å². The average Bonchev–Trinajstić information content (AvgIpc) is 2.83. The van der Waals surface area contributed by atoms with Gasteiger partial charge in [-0.1, -0.05) is 0 Å². The van der Waals surface area contributed by atoms with Crippen LogP contribution in [0.15, 0.2) is 30.6 Å². The van der Waals surface area contributed by atoms with E-state index in [0.29, 0.717) is 11.9 Å². The standard InChI is InChI=1S/C13H13N3O3/c17-9-4-6-15(8-9)12-1-2-13(16(18)19)10-3-5-14-7-11(10)12/h1-3,5,7,9,17H,4,6,8H2/t9-/m0/s1. The van der Waals surface area contributed by atoms with Crippen LogP contribution in [0, 0.1) is 10.1 Å². The zero-order valence-corrected chi connectivity index (χ0v) is 10.2. The first-order chi connectivity index (χ1) is 9.16. The van der Waals surface area contributed by atoms with E-state index >= 15 is 0 Å². The van der Waals surface area contributed by atoms with E-state index in [-0.39, 0.29) is 16.7 Å². The maximum Gasteiger partial charge on any atom is 0.277 e. The highest BCUT2D eigenvalue weighted by Gasteiger charge is 2.23. The zero-order chi connectivity index (χ0) is 13.4. The van der Waals surface area contributed by atoms with Gasteiger partial charge in [0.05, 0.1) is 16.4 Å². The van der Waals surface area contributed by atoms with E-state index < -0.39 is 0 Å². The minimum Gasteiger partial charge on any atom is -0.391 e. The molecule has 0 radical (unpaired) electrons. The van der Waals surface area contributed by atoms with Crippen LogP contribution in [0.3, 0.4) is 0 Å². The number of fused-ring (bicyclic) bond motifs is 1. The maximum atomic E-state index is 11.0. The summed E-state index contributed by atoms with van der Waals surface area (Å²) in [5.41, 5.74) is 0.978. The van der Waals surface area contributed by atoms with Gasteiger partial charge in [-0.2, -0.15) is 0 Å². The Morgan fingerprint density at radius 2 is 2.21 bits per heavy atom. The van der Waals surface area contributed by atoms with E-state index in [4.69, 9.17) is 0 Å². The summed E-state index contributed by atoms with van der Waals surface area (Å²) in [5.74, 6) is 0. The number of nitro benzene ring substituents is 1. The van der Waals surface area contributed by atoms with Crippen molar-refractivity contribution in [3.05, 3.63) is 40.7 Å². The number of aromatic nitrogens is 1. The van der Waals surface area contributed by atoms with Gasteiger partial charge >= 0.3 is 0 Å². The van der Waals surface area contributed by atoms with Crippen LogP contribution in [0.2, 0.25) is 0 Å². The summed E-state index contributed by atoms with van der Waals surface area (Å²) in [4.78, 5) is 16.7. The second-order valence-corrected chi connectivity index (χ2v) is 4.67.